The first-order valence-electron chi connectivity index (χ1n) is 12.7. The van der Waals surface area contributed by atoms with Crippen molar-refractivity contribution >= 4 is 17.6 Å². The number of nitrogens with two attached hydrogens (primary N) is 1. The molecule has 0 aliphatic carbocycles. The molecule has 2 amide bonds. The smallest absolute Gasteiger partial charge is 0.321 e. The molecular weight excluding hydrogens is 486 g/mol. The zero-order chi connectivity index (χ0) is 26.9. The molecule has 1 atom stereocenters. The molecule has 2 N–H and O–H groups in total. The van der Waals surface area contributed by atoms with Gasteiger partial charge in [-0.15, -0.1) is 0 Å². The van der Waals surface area contributed by atoms with Gasteiger partial charge in [-0.3, -0.25) is 9.59 Å². The van der Waals surface area contributed by atoms with Crippen molar-refractivity contribution in [1.29, 1.82) is 5.26 Å². The number of nitriles is 1. The molecule has 1 unspecified atom stereocenters. The molecule has 5 rings (SSSR count). The predicted octanol–water partition coefficient (Wildman–Crippen LogP) is 1.94. The third kappa shape index (κ3) is 4.87. The Labute approximate surface area is 221 Å². The zero-order valence-electron chi connectivity index (χ0n) is 21.4. The lowest BCUT2D eigenvalue weighted by atomic mass is 9.79. The van der Waals surface area contributed by atoms with Gasteiger partial charge in [0.2, 0.25) is 11.8 Å². The number of hydrogen-bond acceptors (Lipinski definition) is 9. The van der Waals surface area contributed by atoms with Gasteiger partial charge in [-0.25, -0.2) is 0 Å². The second-order valence-corrected chi connectivity index (χ2v) is 10.2. The van der Waals surface area contributed by atoms with Crippen molar-refractivity contribution in [3.8, 4) is 23.7 Å². The summed E-state index contributed by atoms with van der Waals surface area (Å²) in [6.07, 6.45) is 4.30. The van der Waals surface area contributed by atoms with Gasteiger partial charge in [-0.05, 0) is 51.1 Å². The first-order chi connectivity index (χ1) is 18.3. The molecule has 4 heterocycles. The second kappa shape index (κ2) is 10.3. The van der Waals surface area contributed by atoms with Crippen LogP contribution >= 0.6 is 0 Å². The van der Waals surface area contributed by atoms with Crippen molar-refractivity contribution in [2.45, 2.75) is 25.3 Å². The number of ether oxygens (including phenoxy) is 2. The van der Waals surface area contributed by atoms with Crippen molar-refractivity contribution in [2.75, 3.05) is 51.3 Å². The van der Waals surface area contributed by atoms with Crippen molar-refractivity contribution in [1.82, 2.24) is 19.8 Å². The van der Waals surface area contributed by atoms with Crippen molar-refractivity contribution < 1.29 is 19.1 Å². The van der Waals surface area contributed by atoms with E-state index in [1.807, 2.05) is 4.90 Å². The standard InChI is InChI=1S/C27H31N7O4/c1-3-22(35)34-16-27(17-34)10-12-33(15-27)24-20(13-28)25(38-21-9-5-4-8-19(21)23(29)36)31-26(30-24)37-14-18-7-6-11-32(18)2/h3-5,8-9,18H,1,6-7,10-12,14-17H2,2H3,(H2,29,36). The minimum Gasteiger partial charge on any atom is -0.462 e. The van der Waals surface area contributed by atoms with E-state index < -0.39 is 5.91 Å². The van der Waals surface area contributed by atoms with Crippen LogP contribution in [0.3, 0.4) is 0 Å². The highest BCUT2D eigenvalue weighted by Gasteiger charge is 2.49. The van der Waals surface area contributed by atoms with E-state index in [0.717, 1.165) is 25.8 Å². The summed E-state index contributed by atoms with van der Waals surface area (Å²) in [6, 6.07) is 9.08. The SMILES string of the molecule is C=CC(=O)N1CC2(CCN(c3nc(OCC4CCCN4C)nc(Oc4ccccc4C(N)=O)c3C#N)C2)C1. The zero-order valence-corrected chi connectivity index (χ0v) is 21.4. The number of carbonyl (C=O) groups excluding carboxylic acids is 2. The molecule has 38 heavy (non-hydrogen) atoms. The third-order valence-electron chi connectivity index (χ3n) is 7.66. The molecule has 0 saturated carbocycles. The summed E-state index contributed by atoms with van der Waals surface area (Å²) in [6.45, 7) is 7.53. The number of primary amides is 1. The quantitative estimate of drug-likeness (QED) is 0.521. The van der Waals surface area contributed by atoms with E-state index in [1.165, 1.54) is 6.08 Å². The molecule has 1 aromatic heterocycles. The fraction of sp³-hybridized carbons (Fsp3) is 0.444. The number of hydrogen-bond donors (Lipinski definition) is 1. The van der Waals surface area contributed by atoms with Crippen LogP contribution in [0.5, 0.6) is 17.6 Å². The normalized spacial score (nSPS) is 20.2. The number of likely N-dealkylation sites (tertiary alicyclic amines) is 2. The fourth-order valence-electron chi connectivity index (χ4n) is 5.52. The second-order valence-electron chi connectivity index (χ2n) is 10.2. The van der Waals surface area contributed by atoms with Crippen LogP contribution in [0.4, 0.5) is 5.82 Å². The van der Waals surface area contributed by atoms with Crippen LogP contribution in [0.1, 0.15) is 35.2 Å². The van der Waals surface area contributed by atoms with Gasteiger partial charge in [0.05, 0.1) is 5.56 Å². The van der Waals surface area contributed by atoms with Crippen molar-refractivity contribution in [2.24, 2.45) is 11.1 Å². The van der Waals surface area contributed by atoms with E-state index in [2.05, 4.69) is 34.6 Å². The summed E-state index contributed by atoms with van der Waals surface area (Å²) >= 11 is 0. The molecule has 1 aromatic carbocycles. The van der Waals surface area contributed by atoms with Crippen LogP contribution in [0.25, 0.3) is 0 Å². The van der Waals surface area contributed by atoms with Crippen LogP contribution in [-0.4, -0.2) is 84.0 Å². The Hall–Kier alpha value is -4.17. The predicted molar refractivity (Wildman–Crippen MR) is 139 cm³/mol. The number of carbonyl (C=O) groups is 2. The van der Waals surface area contributed by atoms with Gasteiger partial charge in [0.1, 0.15) is 18.4 Å². The molecule has 0 bridgehead atoms. The van der Waals surface area contributed by atoms with Crippen molar-refractivity contribution in [3.63, 3.8) is 0 Å². The minimum atomic E-state index is -0.653. The average molecular weight is 518 g/mol. The molecule has 11 nitrogen and oxygen atoms in total. The lowest BCUT2D eigenvalue weighted by Crippen LogP contribution is -2.59. The number of likely N-dealkylation sites (N-methyl/N-ethyl adjacent to an activating group) is 1. The molecule has 198 valence electrons. The number of para-hydroxylation sites is 1. The molecule has 2 aromatic rings. The molecule has 3 aliphatic rings. The summed E-state index contributed by atoms with van der Waals surface area (Å²) in [4.78, 5) is 39.1. The Kier molecular flexibility index (Phi) is 6.91. The van der Waals surface area contributed by atoms with Crippen LogP contribution in [0.2, 0.25) is 0 Å². The summed E-state index contributed by atoms with van der Waals surface area (Å²) in [5.74, 6) is -0.129. The lowest BCUT2D eigenvalue weighted by molar-refractivity contribution is -0.136. The van der Waals surface area contributed by atoms with Crippen LogP contribution < -0.4 is 20.1 Å². The van der Waals surface area contributed by atoms with Gasteiger partial charge >= 0.3 is 6.01 Å². The molecular formula is C27H31N7O4. The molecule has 1 spiro atoms. The highest BCUT2D eigenvalue weighted by atomic mass is 16.5. The Morgan fingerprint density at radius 2 is 2.05 bits per heavy atom. The van der Waals surface area contributed by atoms with E-state index in [-0.39, 0.29) is 46.1 Å². The molecule has 11 heteroatoms. The Morgan fingerprint density at radius 3 is 2.74 bits per heavy atom. The summed E-state index contributed by atoms with van der Waals surface area (Å²) in [5, 5.41) is 10.2. The maximum Gasteiger partial charge on any atom is 0.321 e. The summed E-state index contributed by atoms with van der Waals surface area (Å²) in [7, 11) is 2.06. The fourth-order valence-corrected chi connectivity index (χ4v) is 5.52. The molecule has 3 fully saturated rings. The van der Waals surface area contributed by atoms with Gasteiger partial charge in [-0.2, -0.15) is 15.2 Å². The molecule has 3 saturated heterocycles. The Morgan fingerprint density at radius 1 is 1.26 bits per heavy atom. The first-order valence-corrected chi connectivity index (χ1v) is 12.7. The third-order valence-corrected chi connectivity index (χ3v) is 7.66. The number of amides is 2. The van der Waals surface area contributed by atoms with E-state index in [4.69, 9.17) is 15.2 Å². The first kappa shape index (κ1) is 25.5. The van der Waals surface area contributed by atoms with Crippen molar-refractivity contribution in [3.05, 3.63) is 48.0 Å². The maximum atomic E-state index is 12.0. The monoisotopic (exact) mass is 517 g/mol. The van der Waals surface area contributed by atoms with Crippen LogP contribution in [0.15, 0.2) is 36.9 Å². The number of rotatable bonds is 8. The summed E-state index contributed by atoms with van der Waals surface area (Å²) in [5.41, 5.74) is 5.79. The summed E-state index contributed by atoms with van der Waals surface area (Å²) < 4.78 is 12.1. The minimum absolute atomic E-state index is 0.000928. The topological polar surface area (TPSA) is 138 Å². The number of nitrogens with zero attached hydrogens (tertiary/aromatic N) is 6. The van der Waals surface area contributed by atoms with Gasteiger partial charge in [-0.1, -0.05) is 18.7 Å². The Balaban J connectivity index is 1.46. The average Bonchev–Trinajstić information content (AvgIpc) is 3.52. The molecule has 0 radical (unpaired) electrons. The van der Waals surface area contributed by atoms with Crippen LogP contribution in [-0.2, 0) is 4.79 Å². The number of aromatic nitrogens is 2. The van der Waals surface area contributed by atoms with Gasteiger partial charge in [0.25, 0.3) is 5.91 Å². The number of benzene rings is 1. The Bertz CT molecular complexity index is 1300. The van der Waals surface area contributed by atoms with Gasteiger partial charge in [0.15, 0.2) is 11.4 Å². The molecule has 3 aliphatic heterocycles. The van der Waals surface area contributed by atoms with Crippen LogP contribution in [0, 0.1) is 16.7 Å². The highest BCUT2D eigenvalue weighted by molar-refractivity contribution is 5.95. The van der Waals surface area contributed by atoms with Gasteiger partial charge < -0.3 is 29.9 Å². The number of anilines is 1. The van der Waals surface area contributed by atoms with E-state index in [1.54, 1.807) is 29.2 Å². The van der Waals surface area contributed by atoms with E-state index >= 15 is 0 Å². The van der Waals surface area contributed by atoms with Gasteiger partial charge in [0, 0.05) is 37.6 Å². The highest BCUT2D eigenvalue weighted by Crippen LogP contribution is 2.43. The van der Waals surface area contributed by atoms with E-state index in [9.17, 15) is 14.9 Å². The lowest BCUT2D eigenvalue weighted by Gasteiger charge is -2.47. The van der Waals surface area contributed by atoms with E-state index in [0.29, 0.717) is 38.6 Å². The maximum absolute atomic E-state index is 12.0. The largest absolute Gasteiger partial charge is 0.462 e.